The van der Waals surface area contributed by atoms with E-state index in [9.17, 15) is 4.79 Å². The van der Waals surface area contributed by atoms with E-state index in [-0.39, 0.29) is 13.2 Å². The van der Waals surface area contributed by atoms with E-state index in [4.69, 9.17) is 19.7 Å². The predicted molar refractivity (Wildman–Crippen MR) is 78.2 cm³/mol. The van der Waals surface area contributed by atoms with Crippen molar-refractivity contribution >= 4 is 23.0 Å². The summed E-state index contributed by atoms with van der Waals surface area (Å²) < 4.78 is 16.2. The molecule has 0 unspecified atom stereocenters. The predicted octanol–water partition coefficient (Wildman–Crippen LogP) is 2.10. The van der Waals surface area contributed by atoms with Crippen molar-refractivity contribution in [3.63, 3.8) is 0 Å². The molecule has 0 aromatic heterocycles. The second kappa shape index (κ2) is 6.49. The monoisotopic (exact) mass is 298 g/mol. The quantitative estimate of drug-likeness (QED) is 0.376. The van der Waals surface area contributed by atoms with Crippen molar-refractivity contribution in [3.8, 4) is 0 Å². The van der Waals surface area contributed by atoms with Gasteiger partial charge < -0.3 is 19.7 Å². The van der Waals surface area contributed by atoms with Crippen molar-refractivity contribution in [1.29, 1.82) is 0 Å². The smallest absolute Gasteiger partial charge is 0.414 e. The fourth-order valence-corrected chi connectivity index (χ4v) is 2.34. The lowest BCUT2D eigenvalue weighted by molar-refractivity contribution is -0.227. The Hall–Kier alpha value is -2.53. The first-order valence-corrected chi connectivity index (χ1v) is 6.86. The van der Waals surface area contributed by atoms with Gasteiger partial charge in [0.15, 0.2) is 6.29 Å². The van der Waals surface area contributed by atoms with E-state index in [1.54, 1.807) is 0 Å². The minimum absolute atomic E-state index is 0.225. The van der Waals surface area contributed by atoms with Gasteiger partial charge in [-0.1, -0.05) is 36.4 Å². The van der Waals surface area contributed by atoms with Crippen molar-refractivity contribution in [2.24, 2.45) is 0 Å². The molecule has 1 aliphatic heterocycles. The zero-order valence-electron chi connectivity index (χ0n) is 11.7. The van der Waals surface area contributed by atoms with Crippen LogP contribution in [0.5, 0.6) is 0 Å². The fraction of sp³-hybridized carbons (Fsp3) is 0.250. The van der Waals surface area contributed by atoms with Crippen LogP contribution in [0.25, 0.3) is 16.3 Å². The first kappa shape index (κ1) is 14.4. The Labute approximate surface area is 126 Å². The summed E-state index contributed by atoms with van der Waals surface area (Å²) >= 11 is 0. The third-order valence-corrected chi connectivity index (χ3v) is 3.36. The molecular weight excluding hydrogens is 284 g/mol. The highest BCUT2D eigenvalue weighted by Gasteiger charge is 2.26. The molecule has 0 radical (unpaired) electrons. The Bertz CT molecular complexity index is 732. The van der Waals surface area contributed by atoms with Crippen LogP contribution in [0, 0.1) is 0 Å². The Kier molecular flexibility index (Phi) is 4.25. The number of esters is 1. The summed E-state index contributed by atoms with van der Waals surface area (Å²) in [4.78, 5) is 13.8. The maximum absolute atomic E-state index is 11.2. The number of hydrogen-bond acceptors (Lipinski definition) is 4. The Balaban J connectivity index is 1.65. The van der Waals surface area contributed by atoms with E-state index in [1.807, 2.05) is 42.5 Å². The molecule has 1 saturated heterocycles. The molecule has 2 aromatic carbocycles. The Morgan fingerprint density at radius 1 is 1.18 bits per heavy atom. The van der Waals surface area contributed by atoms with Crippen molar-refractivity contribution in [3.05, 3.63) is 53.6 Å². The first-order chi connectivity index (χ1) is 10.8. The summed E-state index contributed by atoms with van der Waals surface area (Å²) in [6.45, 7) is 0.449. The molecule has 0 amide bonds. The van der Waals surface area contributed by atoms with Gasteiger partial charge >= 0.3 is 12.2 Å². The molecule has 112 valence electrons. The number of nitrogens with zero attached hydrogens (tertiary/aromatic N) is 2. The van der Waals surface area contributed by atoms with Gasteiger partial charge in [-0.3, -0.25) is 0 Å². The lowest BCUT2D eigenvalue weighted by Gasteiger charge is -2.28. The molecule has 6 heteroatoms. The molecule has 22 heavy (non-hydrogen) atoms. The van der Waals surface area contributed by atoms with Crippen molar-refractivity contribution in [1.82, 2.24) is 0 Å². The molecule has 1 aliphatic rings. The number of rotatable bonds is 3. The molecular formula is C16H14N2O4. The minimum atomic E-state index is -0.733. The summed E-state index contributed by atoms with van der Waals surface area (Å²) in [7, 11) is 0. The van der Waals surface area contributed by atoms with Crippen LogP contribution in [0.3, 0.4) is 0 Å². The van der Waals surface area contributed by atoms with Crippen LogP contribution in [0.1, 0.15) is 11.9 Å². The van der Waals surface area contributed by atoms with Gasteiger partial charge in [0.1, 0.15) is 6.10 Å². The molecule has 2 aromatic rings. The Morgan fingerprint density at radius 2 is 1.91 bits per heavy atom. The highest BCUT2D eigenvalue weighted by molar-refractivity contribution is 6.20. The van der Waals surface area contributed by atoms with E-state index >= 15 is 0 Å². The molecule has 0 spiro atoms. The molecule has 6 nitrogen and oxygen atoms in total. The number of carbonyl (C=O) groups is 1. The molecule has 0 N–H and O–H groups in total. The van der Waals surface area contributed by atoms with Gasteiger partial charge in [0.05, 0.1) is 13.2 Å². The van der Waals surface area contributed by atoms with Crippen LogP contribution >= 0.6 is 0 Å². The van der Waals surface area contributed by atoms with Crippen molar-refractivity contribution in [2.45, 2.75) is 12.4 Å². The lowest BCUT2D eigenvalue weighted by Crippen LogP contribution is -2.35. The molecule has 0 saturated carbocycles. The second-order valence-corrected chi connectivity index (χ2v) is 4.91. The molecule has 0 bridgehead atoms. The molecule has 3 rings (SSSR count). The van der Waals surface area contributed by atoms with Crippen molar-refractivity contribution in [2.75, 3.05) is 13.2 Å². The van der Waals surface area contributed by atoms with E-state index in [2.05, 4.69) is 4.79 Å². The van der Waals surface area contributed by atoms with Gasteiger partial charge in [-0.2, -0.15) is 4.79 Å². The van der Waals surface area contributed by atoms with E-state index in [1.165, 1.54) is 0 Å². The van der Waals surface area contributed by atoms with Gasteiger partial charge in [0, 0.05) is 5.56 Å². The molecule has 0 aliphatic carbocycles. The number of carbonyl (C=O) groups excluding carboxylic acids is 1. The molecule has 1 fully saturated rings. The Morgan fingerprint density at radius 3 is 2.64 bits per heavy atom. The third-order valence-electron chi connectivity index (χ3n) is 3.36. The third kappa shape index (κ3) is 3.20. The largest absolute Gasteiger partial charge is 0.449 e. The summed E-state index contributed by atoms with van der Waals surface area (Å²) in [6, 6.07) is 14.0. The van der Waals surface area contributed by atoms with Gasteiger partial charge in [-0.05, 0) is 16.8 Å². The van der Waals surface area contributed by atoms with Gasteiger partial charge in [-0.25, -0.2) is 4.79 Å². The van der Waals surface area contributed by atoms with Crippen LogP contribution in [0.4, 0.5) is 0 Å². The average Bonchev–Trinajstić information content (AvgIpc) is 2.55. The van der Waals surface area contributed by atoms with Crippen LogP contribution in [-0.2, 0) is 19.0 Å². The summed E-state index contributed by atoms with van der Waals surface area (Å²) in [5.74, 6) is -0.733. The zero-order chi connectivity index (χ0) is 15.4. The van der Waals surface area contributed by atoms with Crippen LogP contribution in [0.2, 0.25) is 0 Å². The van der Waals surface area contributed by atoms with Gasteiger partial charge in [0.2, 0.25) is 0 Å². The highest BCUT2D eigenvalue weighted by Crippen LogP contribution is 2.26. The normalized spacial score (nSPS) is 21.1. The maximum Gasteiger partial charge on any atom is 0.414 e. The maximum atomic E-state index is 11.2. The number of hydrogen-bond donors (Lipinski definition) is 0. The van der Waals surface area contributed by atoms with E-state index in [0.29, 0.717) is 6.21 Å². The number of fused-ring (bicyclic) bond motifs is 1. The lowest BCUT2D eigenvalue weighted by atomic mass is 10.1. The number of ether oxygens (including phenoxy) is 3. The van der Waals surface area contributed by atoms with Crippen molar-refractivity contribution < 1.29 is 23.8 Å². The highest BCUT2D eigenvalue weighted by atomic mass is 16.7. The molecule has 0 atom stereocenters. The average molecular weight is 298 g/mol. The first-order valence-electron chi connectivity index (χ1n) is 6.86. The number of benzene rings is 2. The van der Waals surface area contributed by atoms with Gasteiger partial charge in [-0.15, -0.1) is 0 Å². The standard InChI is InChI=1S/C16H14N2O4/c17-18-8-15(19)22-14-9-20-16(21-10-14)13-6-5-11-3-1-2-4-12(11)7-13/h1-8,14,16H,9-10H2. The van der Waals surface area contributed by atoms with Crippen LogP contribution < -0.4 is 0 Å². The fourth-order valence-electron chi connectivity index (χ4n) is 2.34. The van der Waals surface area contributed by atoms with Crippen LogP contribution in [-0.4, -0.2) is 36.3 Å². The van der Waals surface area contributed by atoms with E-state index in [0.717, 1.165) is 16.3 Å². The van der Waals surface area contributed by atoms with Crippen LogP contribution in [0.15, 0.2) is 42.5 Å². The van der Waals surface area contributed by atoms with E-state index < -0.39 is 18.4 Å². The van der Waals surface area contributed by atoms with Gasteiger partial charge in [0.25, 0.3) is 0 Å². The SMILES string of the molecule is [N-]=[N+]=CC(=O)OC1COC(c2ccc3ccccc3c2)OC1. The summed E-state index contributed by atoms with van der Waals surface area (Å²) in [5.41, 5.74) is 9.17. The molecule has 1 heterocycles. The second-order valence-electron chi connectivity index (χ2n) is 4.91. The zero-order valence-corrected chi connectivity index (χ0v) is 11.7. The summed E-state index contributed by atoms with van der Waals surface area (Å²) in [6.07, 6.45) is -0.302. The minimum Gasteiger partial charge on any atom is -0.449 e. The summed E-state index contributed by atoms with van der Waals surface area (Å²) in [5, 5.41) is 2.26. The topological polar surface area (TPSA) is 81.2 Å².